The van der Waals surface area contributed by atoms with Gasteiger partial charge in [-0.05, 0) is 24.3 Å². The van der Waals surface area contributed by atoms with Gasteiger partial charge in [0.1, 0.15) is 11.6 Å². The van der Waals surface area contributed by atoms with Crippen LogP contribution in [-0.2, 0) is 6.42 Å². The van der Waals surface area contributed by atoms with E-state index in [0.29, 0.717) is 23.6 Å². The highest BCUT2D eigenvalue weighted by molar-refractivity contribution is 6.33. The van der Waals surface area contributed by atoms with Crippen molar-refractivity contribution in [1.29, 1.82) is 0 Å². The molecule has 5 nitrogen and oxygen atoms in total. The van der Waals surface area contributed by atoms with Gasteiger partial charge in [0.15, 0.2) is 0 Å². The van der Waals surface area contributed by atoms with Gasteiger partial charge in [0, 0.05) is 19.0 Å². The van der Waals surface area contributed by atoms with E-state index in [1.165, 1.54) is 0 Å². The fourth-order valence-corrected chi connectivity index (χ4v) is 2.54. The number of hydrogen-bond acceptors (Lipinski definition) is 3. The van der Waals surface area contributed by atoms with Crippen LogP contribution in [0.1, 0.15) is 16.2 Å². The predicted molar refractivity (Wildman–Crippen MR) is 90.1 cm³/mol. The summed E-state index contributed by atoms with van der Waals surface area (Å²) in [5.41, 5.74) is 2.26. The van der Waals surface area contributed by atoms with Crippen LogP contribution in [0.4, 0.5) is 0 Å². The van der Waals surface area contributed by atoms with E-state index in [1.54, 1.807) is 31.4 Å². The number of aromatic nitrogens is 2. The molecular formula is C17H16ClN3O2. The molecule has 3 aromatic rings. The van der Waals surface area contributed by atoms with Crippen molar-refractivity contribution in [3.63, 3.8) is 0 Å². The number of hydrogen-bond donors (Lipinski definition) is 2. The molecule has 0 radical (unpaired) electrons. The zero-order chi connectivity index (χ0) is 16.2. The molecule has 1 heterocycles. The van der Waals surface area contributed by atoms with Gasteiger partial charge in [-0.15, -0.1) is 0 Å². The van der Waals surface area contributed by atoms with E-state index < -0.39 is 0 Å². The summed E-state index contributed by atoms with van der Waals surface area (Å²) in [6, 6.07) is 12.6. The number of benzene rings is 2. The molecule has 1 aromatic heterocycles. The molecule has 1 amide bonds. The Morgan fingerprint density at radius 2 is 2.13 bits per heavy atom. The summed E-state index contributed by atoms with van der Waals surface area (Å²) in [6.07, 6.45) is 0.604. The van der Waals surface area contributed by atoms with Gasteiger partial charge in [-0.1, -0.05) is 23.7 Å². The lowest BCUT2D eigenvalue weighted by Crippen LogP contribution is -2.26. The van der Waals surface area contributed by atoms with E-state index in [2.05, 4.69) is 15.3 Å². The normalized spacial score (nSPS) is 10.7. The molecule has 23 heavy (non-hydrogen) atoms. The molecule has 0 aliphatic rings. The maximum absolute atomic E-state index is 12.1. The fourth-order valence-electron chi connectivity index (χ4n) is 2.32. The molecule has 6 heteroatoms. The minimum Gasteiger partial charge on any atom is -0.497 e. The van der Waals surface area contributed by atoms with Crippen molar-refractivity contribution in [2.75, 3.05) is 13.7 Å². The molecule has 2 N–H and O–H groups in total. The molecule has 0 fully saturated rings. The second-order valence-electron chi connectivity index (χ2n) is 5.05. The van der Waals surface area contributed by atoms with Crippen molar-refractivity contribution in [2.45, 2.75) is 6.42 Å². The summed E-state index contributed by atoms with van der Waals surface area (Å²) in [7, 11) is 1.63. The molecule has 118 valence electrons. The third-order valence-corrected chi connectivity index (χ3v) is 3.83. The first kappa shape index (κ1) is 15.4. The molecular weight excluding hydrogens is 314 g/mol. The largest absolute Gasteiger partial charge is 0.497 e. The minimum absolute atomic E-state index is 0.187. The van der Waals surface area contributed by atoms with E-state index in [0.717, 1.165) is 22.6 Å². The number of ether oxygens (including phenoxy) is 1. The number of imidazole rings is 1. The summed E-state index contributed by atoms with van der Waals surface area (Å²) in [5, 5.41) is 3.29. The molecule has 0 bridgehead atoms. The average Bonchev–Trinajstić information content (AvgIpc) is 2.96. The molecule has 0 saturated carbocycles. The molecule has 0 atom stereocenters. The van der Waals surface area contributed by atoms with E-state index in [9.17, 15) is 4.79 Å². The third-order valence-electron chi connectivity index (χ3n) is 3.50. The second-order valence-corrected chi connectivity index (χ2v) is 5.46. The number of carbonyl (C=O) groups excluding carboxylic acids is 1. The minimum atomic E-state index is -0.187. The van der Waals surface area contributed by atoms with Crippen molar-refractivity contribution in [3.8, 4) is 5.75 Å². The van der Waals surface area contributed by atoms with Crippen LogP contribution in [0, 0.1) is 0 Å². The molecule has 0 aliphatic carbocycles. The van der Waals surface area contributed by atoms with Crippen LogP contribution in [-0.4, -0.2) is 29.5 Å². The number of fused-ring (bicyclic) bond motifs is 1. The average molecular weight is 330 g/mol. The first-order valence-electron chi connectivity index (χ1n) is 7.23. The van der Waals surface area contributed by atoms with E-state index >= 15 is 0 Å². The number of aromatic amines is 1. The molecule has 2 aromatic carbocycles. The number of carbonyl (C=O) groups is 1. The van der Waals surface area contributed by atoms with E-state index in [4.69, 9.17) is 16.3 Å². The van der Waals surface area contributed by atoms with Crippen LogP contribution in [0.15, 0.2) is 42.5 Å². The SMILES string of the molecule is COc1ccc2nc(CCNC(=O)c3ccccc3Cl)[nH]c2c1. The topological polar surface area (TPSA) is 67.0 Å². The Morgan fingerprint density at radius 3 is 2.91 bits per heavy atom. The number of halogens is 1. The van der Waals surface area contributed by atoms with Crippen LogP contribution in [0.5, 0.6) is 5.75 Å². The van der Waals surface area contributed by atoms with Crippen LogP contribution in [0.25, 0.3) is 11.0 Å². The predicted octanol–water partition coefficient (Wildman–Crippen LogP) is 3.20. The Kier molecular flexibility index (Phi) is 4.48. The van der Waals surface area contributed by atoms with Gasteiger partial charge in [0.05, 0.1) is 28.7 Å². The van der Waals surface area contributed by atoms with Crippen molar-refractivity contribution in [3.05, 3.63) is 58.9 Å². The van der Waals surface area contributed by atoms with E-state index in [1.807, 2.05) is 18.2 Å². The molecule has 0 saturated heterocycles. The lowest BCUT2D eigenvalue weighted by molar-refractivity contribution is 0.0954. The second kappa shape index (κ2) is 6.71. The quantitative estimate of drug-likeness (QED) is 0.755. The van der Waals surface area contributed by atoms with Gasteiger partial charge >= 0.3 is 0 Å². The number of methoxy groups -OCH3 is 1. The third kappa shape index (κ3) is 3.46. The Labute approximate surface area is 138 Å². The highest BCUT2D eigenvalue weighted by atomic mass is 35.5. The maximum atomic E-state index is 12.1. The number of nitrogens with zero attached hydrogens (tertiary/aromatic N) is 1. The van der Waals surface area contributed by atoms with Gasteiger partial charge in [-0.25, -0.2) is 4.98 Å². The first-order chi connectivity index (χ1) is 11.2. The standard InChI is InChI=1S/C17H16ClN3O2/c1-23-11-6-7-14-15(10-11)21-16(20-14)8-9-19-17(22)12-4-2-3-5-13(12)18/h2-7,10H,8-9H2,1H3,(H,19,22)(H,20,21). The summed E-state index contributed by atoms with van der Waals surface area (Å²) >= 11 is 6.01. The highest BCUT2D eigenvalue weighted by Gasteiger charge is 2.09. The Balaban J connectivity index is 1.62. The fraction of sp³-hybridized carbons (Fsp3) is 0.176. The lowest BCUT2D eigenvalue weighted by atomic mass is 10.2. The highest BCUT2D eigenvalue weighted by Crippen LogP contribution is 2.19. The van der Waals surface area contributed by atoms with Crippen LogP contribution >= 0.6 is 11.6 Å². The van der Waals surface area contributed by atoms with Crippen molar-refractivity contribution < 1.29 is 9.53 Å². The first-order valence-corrected chi connectivity index (χ1v) is 7.60. The number of nitrogens with one attached hydrogen (secondary N) is 2. The summed E-state index contributed by atoms with van der Waals surface area (Å²) < 4.78 is 5.19. The molecule has 3 rings (SSSR count). The molecule has 0 unspecified atom stereocenters. The van der Waals surface area contributed by atoms with Gasteiger partial charge in [-0.2, -0.15) is 0 Å². The van der Waals surface area contributed by atoms with E-state index in [-0.39, 0.29) is 5.91 Å². The summed E-state index contributed by atoms with van der Waals surface area (Å²) in [4.78, 5) is 19.8. The number of amides is 1. The van der Waals surface area contributed by atoms with Gasteiger partial charge < -0.3 is 15.0 Å². The summed E-state index contributed by atoms with van der Waals surface area (Å²) in [6.45, 7) is 0.473. The smallest absolute Gasteiger partial charge is 0.252 e. The molecule has 0 spiro atoms. The van der Waals surface area contributed by atoms with Crippen LogP contribution < -0.4 is 10.1 Å². The molecule has 0 aliphatic heterocycles. The van der Waals surface area contributed by atoms with Gasteiger partial charge in [0.25, 0.3) is 5.91 Å². The van der Waals surface area contributed by atoms with Crippen LogP contribution in [0.2, 0.25) is 5.02 Å². The van der Waals surface area contributed by atoms with Gasteiger partial charge in [-0.3, -0.25) is 4.79 Å². The zero-order valence-electron chi connectivity index (χ0n) is 12.6. The number of rotatable bonds is 5. The zero-order valence-corrected chi connectivity index (χ0v) is 13.4. The lowest BCUT2D eigenvalue weighted by Gasteiger charge is -2.05. The monoisotopic (exact) mass is 329 g/mol. The Bertz CT molecular complexity index is 845. The number of H-pyrrole nitrogens is 1. The van der Waals surface area contributed by atoms with Crippen molar-refractivity contribution in [2.24, 2.45) is 0 Å². The van der Waals surface area contributed by atoms with Crippen molar-refractivity contribution >= 4 is 28.5 Å². The Morgan fingerprint density at radius 1 is 1.30 bits per heavy atom. The summed E-state index contributed by atoms with van der Waals surface area (Å²) in [5.74, 6) is 1.40. The van der Waals surface area contributed by atoms with Crippen molar-refractivity contribution in [1.82, 2.24) is 15.3 Å². The Hall–Kier alpha value is -2.53. The maximum Gasteiger partial charge on any atom is 0.252 e. The van der Waals surface area contributed by atoms with Gasteiger partial charge in [0.2, 0.25) is 0 Å². The van der Waals surface area contributed by atoms with Crippen LogP contribution in [0.3, 0.4) is 0 Å².